The molecule has 0 amide bonds. The quantitative estimate of drug-likeness (QED) is 0.879. The van der Waals surface area contributed by atoms with E-state index in [0.29, 0.717) is 0 Å². The molecule has 2 heterocycles. The molecule has 1 N–H and O–H groups in total. The van der Waals surface area contributed by atoms with E-state index in [9.17, 15) is 0 Å². The highest BCUT2D eigenvalue weighted by Gasteiger charge is 2.17. The number of piperidine rings is 1. The Balaban J connectivity index is 1.92. The molecule has 0 bridgehead atoms. The summed E-state index contributed by atoms with van der Waals surface area (Å²) < 4.78 is 5.43. The van der Waals surface area contributed by atoms with Gasteiger partial charge in [-0.05, 0) is 62.0 Å². The average Bonchev–Trinajstić information content (AvgIpc) is 2.83. The first-order valence-electron chi connectivity index (χ1n) is 6.20. The number of hydrogen-bond acceptors (Lipinski definition) is 2. The van der Waals surface area contributed by atoms with Crippen LogP contribution in [-0.4, -0.2) is 13.1 Å². The van der Waals surface area contributed by atoms with Crippen LogP contribution >= 0.6 is 11.6 Å². The van der Waals surface area contributed by atoms with E-state index < -0.39 is 0 Å². The van der Waals surface area contributed by atoms with Crippen LogP contribution in [0.3, 0.4) is 0 Å². The summed E-state index contributed by atoms with van der Waals surface area (Å²) in [4.78, 5) is 0. The smallest absolute Gasteiger partial charge is 0.134 e. The van der Waals surface area contributed by atoms with Gasteiger partial charge in [-0.2, -0.15) is 0 Å². The Hall–Kier alpha value is -0.990. The fourth-order valence-electron chi connectivity index (χ4n) is 2.66. The monoisotopic (exact) mass is 249 g/mol. The van der Waals surface area contributed by atoms with Crippen molar-refractivity contribution in [2.45, 2.75) is 19.3 Å². The Morgan fingerprint density at radius 1 is 1.24 bits per heavy atom. The van der Waals surface area contributed by atoms with Crippen LogP contribution in [0.25, 0.3) is 11.0 Å². The fourth-order valence-corrected chi connectivity index (χ4v) is 2.90. The molecule has 0 unspecified atom stereocenters. The predicted octanol–water partition coefficient (Wildman–Crippen LogP) is 3.63. The molecule has 17 heavy (non-hydrogen) atoms. The summed E-state index contributed by atoms with van der Waals surface area (Å²) >= 11 is 6.32. The summed E-state index contributed by atoms with van der Waals surface area (Å²) in [5.74, 6) is 0.745. The van der Waals surface area contributed by atoms with Crippen molar-refractivity contribution in [3.05, 3.63) is 35.0 Å². The molecule has 1 aliphatic rings. The van der Waals surface area contributed by atoms with E-state index in [1.54, 1.807) is 6.26 Å². The first-order chi connectivity index (χ1) is 8.34. The largest absolute Gasteiger partial charge is 0.464 e. The van der Waals surface area contributed by atoms with E-state index in [0.717, 1.165) is 36.0 Å². The Bertz CT molecular complexity index is 514. The lowest BCUT2D eigenvalue weighted by Gasteiger charge is -2.23. The van der Waals surface area contributed by atoms with E-state index in [-0.39, 0.29) is 0 Å². The van der Waals surface area contributed by atoms with Crippen LogP contribution in [0.15, 0.2) is 28.9 Å². The van der Waals surface area contributed by atoms with Crippen molar-refractivity contribution in [2.24, 2.45) is 5.92 Å². The van der Waals surface area contributed by atoms with Gasteiger partial charge in [0.2, 0.25) is 0 Å². The van der Waals surface area contributed by atoms with Gasteiger partial charge in [-0.1, -0.05) is 11.6 Å². The molecule has 90 valence electrons. The molecule has 1 aliphatic heterocycles. The van der Waals surface area contributed by atoms with E-state index >= 15 is 0 Å². The molecule has 1 saturated heterocycles. The van der Waals surface area contributed by atoms with Gasteiger partial charge in [0.15, 0.2) is 0 Å². The minimum absolute atomic E-state index is 0.745. The summed E-state index contributed by atoms with van der Waals surface area (Å²) in [6.07, 6.45) is 5.29. The van der Waals surface area contributed by atoms with Crippen LogP contribution in [0.5, 0.6) is 0 Å². The highest BCUT2D eigenvalue weighted by molar-refractivity contribution is 6.32. The Morgan fingerprint density at radius 2 is 2.06 bits per heavy atom. The van der Waals surface area contributed by atoms with E-state index in [1.165, 1.54) is 23.8 Å². The maximum Gasteiger partial charge on any atom is 0.134 e. The Morgan fingerprint density at radius 3 is 2.88 bits per heavy atom. The zero-order valence-corrected chi connectivity index (χ0v) is 10.5. The van der Waals surface area contributed by atoms with Crippen molar-refractivity contribution in [3.63, 3.8) is 0 Å². The third-order valence-electron chi connectivity index (χ3n) is 3.64. The second-order valence-electron chi connectivity index (χ2n) is 4.76. The lowest BCUT2D eigenvalue weighted by molar-refractivity contribution is 0.373. The molecular formula is C14H16ClNO. The second-order valence-corrected chi connectivity index (χ2v) is 5.16. The first-order valence-corrected chi connectivity index (χ1v) is 6.57. The van der Waals surface area contributed by atoms with Gasteiger partial charge in [0, 0.05) is 10.4 Å². The zero-order chi connectivity index (χ0) is 11.7. The van der Waals surface area contributed by atoms with Crippen molar-refractivity contribution in [2.75, 3.05) is 13.1 Å². The zero-order valence-electron chi connectivity index (χ0n) is 9.71. The SMILES string of the molecule is Clc1ccc2occc2c1CC1CCNCC1. The lowest BCUT2D eigenvalue weighted by Crippen LogP contribution is -2.28. The van der Waals surface area contributed by atoms with E-state index in [4.69, 9.17) is 16.0 Å². The van der Waals surface area contributed by atoms with Gasteiger partial charge < -0.3 is 9.73 Å². The molecule has 3 heteroatoms. The third-order valence-corrected chi connectivity index (χ3v) is 4.00. The molecule has 1 fully saturated rings. The topological polar surface area (TPSA) is 25.2 Å². The maximum absolute atomic E-state index is 6.32. The molecular weight excluding hydrogens is 234 g/mol. The number of nitrogens with one attached hydrogen (secondary N) is 1. The first kappa shape index (κ1) is 11.1. The minimum Gasteiger partial charge on any atom is -0.464 e. The number of benzene rings is 1. The van der Waals surface area contributed by atoms with Gasteiger partial charge in [0.25, 0.3) is 0 Å². The van der Waals surface area contributed by atoms with Crippen LogP contribution in [-0.2, 0) is 6.42 Å². The number of furan rings is 1. The summed E-state index contributed by atoms with van der Waals surface area (Å²) in [5.41, 5.74) is 2.20. The van der Waals surface area contributed by atoms with Crippen LogP contribution in [0, 0.1) is 5.92 Å². The molecule has 2 nitrogen and oxygen atoms in total. The third kappa shape index (κ3) is 2.20. The number of halogens is 1. The van der Waals surface area contributed by atoms with Crippen LogP contribution in [0.1, 0.15) is 18.4 Å². The van der Waals surface area contributed by atoms with Gasteiger partial charge in [0.1, 0.15) is 5.58 Å². The predicted molar refractivity (Wildman–Crippen MR) is 70.5 cm³/mol. The van der Waals surface area contributed by atoms with Gasteiger partial charge in [-0.25, -0.2) is 0 Å². The molecule has 0 radical (unpaired) electrons. The van der Waals surface area contributed by atoms with Crippen molar-refractivity contribution in [1.82, 2.24) is 5.32 Å². The van der Waals surface area contributed by atoms with Crippen LogP contribution in [0.2, 0.25) is 5.02 Å². The number of hydrogen-bond donors (Lipinski definition) is 1. The van der Waals surface area contributed by atoms with Gasteiger partial charge >= 0.3 is 0 Å². The molecule has 1 aromatic heterocycles. The summed E-state index contributed by atoms with van der Waals surface area (Å²) in [5, 5.41) is 5.45. The highest BCUT2D eigenvalue weighted by atomic mass is 35.5. The molecule has 1 aromatic carbocycles. The summed E-state index contributed by atoms with van der Waals surface area (Å²) in [6, 6.07) is 5.92. The number of rotatable bonds is 2. The van der Waals surface area contributed by atoms with E-state index in [2.05, 4.69) is 5.32 Å². The highest BCUT2D eigenvalue weighted by Crippen LogP contribution is 2.30. The normalized spacial score (nSPS) is 17.7. The standard InChI is InChI=1S/C14H16ClNO/c15-13-1-2-14-11(5-8-17-14)12(13)9-10-3-6-16-7-4-10/h1-2,5,8,10,16H,3-4,6-7,9H2. The van der Waals surface area contributed by atoms with Crippen LogP contribution < -0.4 is 5.32 Å². The van der Waals surface area contributed by atoms with Crippen molar-refractivity contribution >= 4 is 22.6 Å². The Kier molecular flexibility index (Phi) is 3.08. The molecule has 3 rings (SSSR count). The summed E-state index contributed by atoms with van der Waals surface area (Å²) in [6.45, 7) is 2.26. The van der Waals surface area contributed by atoms with Crippen LogP contribution in [0.4, 0.5) is 0 Å². The van der Waals surface area contributed by atoms with Crippen molar-refractivity contribution in [1.29, 1.82) is 0 Å². The molecule has 0 aliphatic carbocycles. The van der Waals surface area contributed by atoms with Gasteiger partial charge in [0.05, 0.1) is 6.26 Å². The maximum atomic E-state index is 6.32. The lowest BCUT2D eigenvalue weighted by atomic mass is 9.90. The fraction of sp³-hybridized carbons (Fsp3) is 0.429. The van der Waals surface area contributed by atoms with Crippen molar-refractivity contribution < 1.29 is 4.42 Å². The second kappa shape index (κ2) is 4.71. The van der Waals surface area contributed by atoms with E-state index in [1.807, 2.05) is 18.2 Å². The average molecular weight is 250 g/mol. The van der Waals surface area contributed by atoms with Gasteiger partial charge in [-0.15, -0.1) is 0 Å². The minimum atomic E-state index is 0.745. The summed E-state index contributed by atoms with van der Waals surface area (Å²) in [7, 11) is 0. The Labute approximate surface area is 106 Å². The molecule has 2 aromatic rings. The molecule has 0 atom stereocenters. The van der Waals surface area contributed by atoms with Crippen molar-refractivity contribution in [3.8, 4) is 0 Å². The molecule has 0 spiro atoms. The molecule has 0 saturated carbocycles. The van der Waals surface area contributed by atoms with Gasteiger partial charge in [-0.3, -0.25) is 0 Å². The number of fused-ring (bicyclic) bond motifs is 1.